The minimum atomic E-state index is -2.93. The zero-order chi connectivity index (χ0) is 12.0. The van der Waals surface area contributed by atoms with Gasteiger partial charge in [-0.05, 0) is 25.2 Å². The lowest BCUT2D eigenvalue weighted by Gasteiger charge is -2.19. The van der Waals surface area contributed by atoms with Gasteiger partial charge in [-0.3, -0.25) is 0 Å². The van der Waals surface area contributed by atoms with Gasteiger partial charge in [0.2, 0.25) is 0 Å². The Morgan fingerprint density at radius 2 is 2.24 bits per heavy atom. The maximum Gasteiger partial charge on any atom is 0.158 e. The first-order valence-corrected chi connectivity index (χ1v) is 8.05. The van der Waals surface area contributed by atoms with Crippen molar-refractivity contribution in [3.05, 3.63) is 17.7 Å². The molecule has 1 aromatic rings. The van der Waals surface area contributed by atoms with Crippen LogP contribution in [0.5, 0.6) is 0 Å². The quantitative estimate of drug-likeness (QED) is 0.766. The first-order valence-electron chi connectivity index (χ1n) is 6.34. The Bertz CT molecular complexity index is 533. The number of nitrogens with zero attached hydrogens (tertiary/aromatic N) is 2. The summed E-state index contributed by atoms with van der Waals surface area (Å²) in [5.74, 6) is 2.07. The van der Waals surface area contributed by atoms with Crippen molar-refractivity contribution in [1.29, 1.82) is 0 Å². The van der Waals surface area contributed by atoms with Gasteiger partial charge in [-0.2, -0.15) is 0 Å². The fourth-order valence-electron chi connectivity index (χ4n) is 2.92. The van der Waals surface area contributed by atoms with Crippen molar-refractivity contribution in [3.8, 4) is 0 Å². The number of hydrogen-bond acceptors (Lipinski definition) is 3. The number of rotatable bonds is 1. The van der Waals surface area contributed by atoms with Crippen LogP contribution >= 0.6 is 0 Å². The smallest absolute Gasteiger partial charge is 0.158 e. The van der Waals surface area contributed by atoms with Crippen LogP contribution in [-0.4, -0.2) is 23.7 Å². The zero-order valence-corrected chi connectivity index (χ0v) is 10.9. The molecule has 94 valence electrons. The Morgan fingerprint density at radius 3 is 2.94 bits per heavy atom. The van der Waals surface area contributed by atoms with Crippen LogP contribution < -0.4 is 0 Å². The topological polar surface area (TPSA) is 52.0 Å². The first kappa shape index (κ1) is 11.3. The second-order valence-corrected chi connectivity index (χ2v) is 7.68. The number of aromatic nitrogens is 2. The van der Waals surface area contributed by atoms with Gasteiger partial charge >= 0.3 is 0 Å². The number of aryl methyl sites for hydroxylation is 1. The predicted molar refractivity (Wildman–Crippen MR) is 65.5 cm³/mol. The highest BCUT2D eigenvalue weighted by molar-refractivity contribution is 7.91. The molecule has 1 saturated heterocycles. The van der Waals surface area contributed by atoms with Crippen LogP contribution in [0.4, 0.5) is 0 Å². The third kappa shape index (κ3) is 1.90. The molecule has 17 heavy (non-hydrogen) atoms. The molecule has 3 rings (SSSR count). The second kappa shape index (κ2) is 3.83. The molecule has 2 unspecified atom stereocenters. The van der Waals surface area contributed by atoms with Crippen molar-refractivity contribution < 1.29 is 8.42 Å². The van der Waals surface area contributed by atoms with Gasteiger partial charge in [0, 0.05) is 19.2 Å². The van der Waals surface area contributed by atoms with Crippen molar-refractivity contribution in [2.24, 2.45) is 5.92 Å². The van der Waals surface area contributed by atoms with E-state index in [9.17, 15) is 8.42 Å². The molecular weight excluding hydrogens is 236 g/mol. The zero-order valence-electron chi connectivity index (χ0n) is 10.1. The minimum Gasteiger partial charge on any atom is -0.334 e. The van der Waals surface area contributed by atoms with Gasteiger partial charge in [0.15, 0.2) is 9.84 Å². The molecule has 0 saturated carbocycles. The Hall–Kier alpha value is -0.840. The fourth-order valence-corrected chi connectivity index (χ4v) is 4.78. The highest BCUT2D eigenvalue weighted by atomic mass is 32.2. The average Bonchev–Trinajstić information content (AvgIpc) is 2.79. The SMILES string of the molecule is CC1CCc2nc(C3CCCS3(=O)=O)cn2C1. The van der Waals surface area contributed by atoms with Crippen LogP contribution in [0.15, 0.2) is 6.20 Å². The van der Waals surface area contributed by atoms with Crippen LogP contribution in [0.1, 0.15) is 43.0 Å². The molecule has 2 aliphatic rings. The van der Waals surface area contributed by atoms with Crippen LogP contribution in [-0.2, 0) is 22.8 Å². The summed E-state index contributed by atoms with van der Waals surface area (Å²) < 4.78 is 25.9. The first-order chi connectivity index (χ1) is 8.06. The normalized spacial score (nSPS) is 31.4. The lowest BCUT2D eigenvalue weighted by Crippen LogP contribution is -2.17. The lowest BCUT2D eigenvalue weighted by atomic mass is 10.0. The van der Waals surface area contributed by atoms with Gasteiger partial charge in [-0.25, -0.2) is 13.4 Å². The molecule has 1 aromatic heterocycles. The molecule has 4 nitrogen and oxygen atoms in total. The standard InChI is InChI=1S/C12H18N2O2S/c1-9-4-5-12-13-10(8-14(12)7-9)11-3-2-6-17(11,15)16/h8-9,11H,2-7H2,1H3. The molecule has 0 radical (unpaired) electrons. The maximum absolute atomic E-state index is 11.9. The van der Waals surface area contributed by atoms with E-state index in [1.807, 2.05) is 6.20 Å². The molecule has 0 bridgehead atoms. The Kier molecular flexibility index (Phi) is 2.54. The van der Waals surface area contributed by atoms with Crippen LogP contribution in [0.25, 0.3) is 0 Å². The van der Waals surface area contributed by atoms with Crippen molar-refractivity contribution in [2.45, 2.75) is 44.4 Å². The Balaban J connectivity index is 1.95. The van der Waals surface area contributed by atoms with E-state index in [1.165, 1.54) is 0 Å². The van der Waals surface area contributed by atoms with Gasteiger partial charge in [0.25, 0.3) is 0 Å². The highest BCUT2D eigenvalue weighted by Gasteiger charge is 2.35. The van der Waals surface area contributed by atoms with E-state index < -0.39 is 9.84 Å². The molecule has 1 fully saturated rings. The van der Waals surface area contributed by atoms with E-state index in [1.54, 1.807) is 0 Å². The molecule has 2 atom stereocenters. The summed E-state index contributed by atoms with van der Waals surface area (Å²) in [5, 5.41) is -0.337. The highest BCUT2D eigenvalue weighted by Crippen LogP contribution is 2.34. The van der Waals surface area contributed by atoms with Gasteiger partial charge in [-0.15, -0.1) is 0 Å². The predicted octanol–water partition coefficient (Wildman–Crippen LogP) is 1.72. The van der Waals surface area contributed by atoms with E-state index in [0.29, 0.717) is 11.7 Å². The third-order valence-corrected chi connectivity index (χ3v) is 6.11. The summed E-state index contributed by atoms with van der Waals surface area (Å²) in [7, 11) is -2.93. The van der Waals surface area contributed by atoms with Gasteiger partial charge in [0.05, 0.1) is 11.4 Å². The van der Waals surface area contributed by atoms with Crippen LogP contribution in [0.3, 0.4) is 0 Å². The van der Waals surface area contributed by atoms with Crippen molar-refractivity contribution in [2.75, 3.05) is 5.75 Å². The minimum absolute atomic E-state index is 0.330. The largest absolute Gasteiger partial charge is 0.334 e. The molecule has 5 heteroatoms. The van der Waals surface area contributed by atoms with E-state index in [4.69, 9.17) is 0 Å². The molecule has 0 N–H and O–H groups in total. The van der Waals surface area contributed by atoms with Crippen molar-refractivity contribution in [3.63, 3.8) is 0 Å². The molecule has 0 spiro atoms. The molecule has 0 aromatic carbocycles. The Labute approximate surface area is 102 Å². The number of fused-ring (bicyclic) bond motifs is 1. The summed E-state index contributed by atoms with van der Waals surface area (Å²) in [4.78, 5) is 4.55. The molecule has 0 amide bonds. The number of sulfone groups is 1. The van der Waals surface area contributed by atoms with Gasteiger partial charge in [-0.1, -0.05) is 6.92 Å². The second-order valence-electron chi connectivity index (χ2n) is 5.38. The van der Waals surface area contributed by atoms with Gasteiger partial charge in [0.1, 0.15) is 11.1 Å². The summed E-state index contributed by atoms with van der Waals surface area (Å²) >= 11 is 0. The number of imidazole rings is 1. The van der Waals surface area contributed by atoms with Gasteiger partial charge < -0.3 is 4.57 Å². The summed E-state index contributed by atoms with van der Waals surface area (Å²) in [5.41, 5.74) is 0.784. The van der Waals surface area contributed by atoms with Crippen molar-refractivity contribution >= 4 is 9.84 Å². The molecule has 3 heterocycles. The monoisotopic (exact) mass is 254 g/mol. The third-order valence-electron chi connectivity index (χ3n) is 3.91. The fraction of sp³-hybridized carbons (Fsp3) is 0.750. The van der Waals surface area contributed by atoms with Crippen LogP contribution in [0, 0.1) is 5.92 Å². The molecule has 0 aliphatic carbocycles. The van der Waals surface area contributed by atoms with E-state index in [0.717, 1.165) is 43.7 Å². The van der Waals surface area contributed by atoms with Crippen LogP contribution in [0.2, 0.25) is 0 Å². The molecular formula is C12H18N2O2S. The number of hydrogen-bond donors (Lipinski definition) is 0. The summed E-state index contributed by atoms with van der Waals surface area (Å²) in [6.07, 6.45) is 5.64. The lowest BCUT2D eigenvalue weighted by molar-refractivity contribution is 0.394. The molecule has 2 aliphatic heterocycles. The maximum atomic E-state index is 11.9. The van der Waals surface area contributed by atoms with E-state index >= 15 is 0 Å². The van der Waals surface area contributed by atoms with Crippen molar-refractivity contribution in [1.82, 2.24) is 9.55 Å². The van der Waals surface area contributed by atoms with E-state index in [2.05, 4.69) is 16.5 Å². The average molecular weight is 254 g/mol. The summed E-state index contributed by atoms with van der Waals surface area (Å²) in [6, 6.07) is 0. The Morgan fingerprint density at radius 1 is 1.41 bits per heavy atom. The van der Waals surface area contributed by atoms with E-state index in [-0.39, 0.29) is 5.25 Å². The summed E-state index contributed by atoms with van der Waals surface area (Å²) in [6.45, 7) is 3.21.